The monoisotopic (exact) mass is 562 g/mol. The molecule has 218 valence electrons. The van der Waals surface area contributed by atoms with Crippen LogP contribution in [0.5, 0.6) is 0 Å². The molecule has 0 heterocycles. The molecule has 1 aliphatic carbocycles. The van der Waals surface area contributed by atoms with Crippen molar-refractivity contribution in [3.63, 3.8) is 0 Å². The van der Waals surface area contributed by atoms with E-state index in [1.807, 2.05) is 48.5 Å². The normalized spacial score (nSPS) is 13.4. The maximum Gasteiger partial charge on any atom is 0.473 e. The first-order valence-electron chi connectivity index (χ1n) is 13.5. The maximum absolute atomic E-state index is 13.2. The topological polar surface area (TPSA) is 114 Å². The number of nitrogens with one attached hydrogen (secondary N) is 2. The van der Waals surface area contributed by atoms with E-state index in [9.17, 15) is 27.6 Å². The summed E-state index contributed by atoms with van der Waals surface area (Å²) < 4.78 is 45.1. The van der Waals surface area contributed by atoms with Crippen LogP contribution in [0.25, 0.3) is 11.1 Å². The van der Waals surface area contributed by atoms with E-state index in [1.165, 1.54) is 0 Å². The van der Waals surface area contributed by atoms with Gasteiger partial charge in [-0.05, 0) is 54.0 Å². The molecule has 2 aromatic rings. The SMILES string of the molecule is CC(C)C[C@H](NC(=O)OCC1c2ccccc2-c2ccccc21)C(=O)NN(CCCCCCN)C(=O)C(F)(F)F. The van der Waals surface area contributed by atoms with Gasteiger partial charge in [0.1, 0.15) is 12.6 Å². The average Bonchev–Trinajstić information content (AvgIpc) is 3.23. The number of alkyl halides is 3. The first-order chi connectivity index (χ1) is 19.0. The molecule has 0 saturated heterocycles. The molecule has 1 atom stereocenters. The Labute approximate surface area is 232 Å². The van der Waals surface area contributed by atoms with Crippen LogP contribution in [0.2, 0.25) is 0 Å². The predicted molar refractivity (Wildman–Crippen MR) is 145 cm³/mol. The van der Waals surface area contributed by atoms with Gasteiger partial charge in [0.15, 0.2) is 0 Å². The third kappa shape index (κ3) is 8.20. The van der Waals surface area contributed by atoms with Crippen LogP contribution in [-0.2, 0) is 14.3 Å². The number of halogens is 3. The minimum absolute atomic E-state index is 0.0113. The number of unbranched alkanes of at least 4 members (excludes halogenated alkanes) is 3. The van der Waals surface area contributed by atoms with Gasteiger partial charge in [-0.1, -0.05) is 75.2 Å². The summed E-state index contributed by atoms with van der Waals surface area (Å²) in [7, 11) is 0. The fourth-order valence-corrected chi connectivity index (χ4v) is 4.83. The molecule has 3 amide bonds. The fourth-order valence-electron chi connectivity index (χ4n) is 4.83. The van der Waals surface area contributed by atoms with Crippen molar-refractivity contribution in [3.8, 4) is 11.1 Å². The zero-order chi connectivity index (χ0) is 29.3. The third-order valence-electron chi connectivity index (χ3n) is 6.73. The average molecular weight is 563 g/mol. The largest absolute Gasteiger partial charge is 0.473 e. The van der Waals surface area contributed by atoms with Crippen LogP contribution >= 0.6 is 0 Å². The zero-order valence-electron chi connectivity index (χ0n) is 22.8. The van der Waals surface area contributed by atoms with Gasteiger partial charge in [-0.2, -0.15) is 13.2 Å². The second-order valence-electron chi connectivity index (χ2n) is 10.3. The third-order valence-corrected chi connectivity index (χ3v) is 6.73. The van der Waals surface area contributed by atoms with Crippen LogP contribution < -0.4 is 16.5 Å². The lowest BCUT2D eigenvalue weighted by molar-refractivity contribution is -0.189. The molecule has 4 N–H and O–H groups in total. The summed E-state index contributed by atoms with van der Waals surface area (Å²) in [4.78, 5) is 37.8. The molecule has 0 bridgehead atoms. The van der Waals surface area contributed by atoms with E-state index in [1.54, 1.807) is 13.8 Å². The Morgan fingerprint density at radius 1 is 0.950 bits per heavy atom. The number of hydrogen-bond donors (Lipinski definition) is 3. The predicted octanol–water partition coefficient (Wildman–Crippen LogP) is 4.88. The van der Waals surface area contributed by atoms with E-state index in [2.05, 4.69) is 10.7 Å². The molecule has 8 nitrogen and oxygen atoms in total. The van der Waals surface area contributed by atoms with Crippen LogP contribution in [0.4, 0.5) is 18.0 Å². The molecular weight excluding hydrogens is 525 g/mol. The number of amides is 3. The number of rotatable bonds is 12. The molecule has 1 aliphatic rings. The summed E-state index contributed by atoms with van der Waals surface area (Å²) in [6, 6.07) is 14.4. The fraction of sp³-hybridized carbons (Fsp3) is 0.483. The number of hydrazine groups is 1. The Hall–Kier alpha value is -3.60. The van der Waals surface area contributed by atoms with Crippen molar-refractivity contribution in [2.75, 3.05) is 19.7 Å². The smallest absolute Gasteiger partial charge is 0.449 e. The van der Waals surface area contributed by atoms with Gasteiger partial charge in [-0.15, -0.1) is 0 Å². The number of nitrogens with zero attached hydrogens (tertiary/aromatic N) is 1. The summed E-state index contributed by atoms with van der Waals surface area (Å²) in [5, 5.41) is 2.76. The molecule has 0 unspecified atom stereocenters. The van der Waals surface area contributed by atoms with Gasteiger partial charge in [0, 0.05) is 12.5 Å². The maximum atomic E-state index is 13.2. The van der Waals surface area contributed by atoms with E-state index in [-0.39, 0.29) is 42.8 Å². The summed E-state index contributed by atoms with van der Waals surface area (Å²) >= 11 is 0. The highest BCUT2D eigenvalue weighted by Crippen LogP contribution is 2.44. The quantitative estimate of drug-likeness (QED) is 0.252. The lowest BCUT2D eigenvalue weighted by Gasteiger charge is -2.27. The number of nitrogens with two attached hydrogens (primary N) is 1. The van der Waals surface area contributed by atoms with Gasteiger partial charge in [0.2, 0.25) is 0 Å². The van der Waals surface area contributed by atoms with Gasteiger partial charge in [0.25, 0.3) is 5.91 Å². The number of alkyl carbamates (subject to hydrolysis) is 1. The zero-order valence-corrected chi connectivity index (χ0v) is 22.8. The highest BCUT2D eigenvalue weighted by Gasteiger charge is 2.43. The van der Waals surface area contributed by atoms with E-state index < -0.39 is 30.1 Å². The van der Waals surface area contributed by atoms with Crippen molar-refractivity contribution in [2.24, 2.45) is 11.7 Å². The minimum atomic E-state index is -5.17. The van der Waals surface area contributed by atoms with E-state index in [0.717, 1.165) is 22.3 Å². The molecule has 0 aromatic heterocycles. The molecule has 40 heavy (non-hydrogen) atoms. The standard InChI is InChI=1S/C29H37F3N4O4/c1-19(2)17-25(26(37)35-36(27(38)29(30,31)32)16-10-4-3-9-15-33)34-28(39)40-18-24-22-13-7-5-11-20(22)21-12-6-8-14-23(21)24/h5-8,11-14,19,24-25H,3-4,9-10,15-18,33H2,1-2H3,(H,34,39)(H,35,37)/t25-/m0/s1. The number of benzene rings is 2. The van der Waals surface area contributed by atoms with Gasteiger partial charge >= 0.3 is 18.2 Å². The van der Waals surface area contributed by atoms with Crippen LogP contribution in [0.3, 0.4) is 0 Å². The first-order valence-corrected chi connectivity index (χ1v) is 13.5. The molecule has 0 spiro atoms. The van der Waals surface area contributed by atoms with Crippen LogP contribution in [0, 0.1) is 5.92 Å². The number of hydrogen-bond acceptors (Lipinski definition) is 5. The van der Waals surface area contributed by atoms with E-state index in [0.29, 0.717) is 25.8 Å². The van der Waals surface area contributed by atoms with E-state index in [4.69, 9.17) is 10.5 Å². The highest BCUT2D eigenvalue weighted by atomic mass is 19.4. The molecule has 0 fully saturated rings. The van der Waals surface area contributed by atoms with Crippen LogP contribution in [0.15, 0.2) is 48.5 Å². The second-order valence-corrected chi connectivity index (χ2v) is 10.3. The van der Waals surface area contributed by atoms with Crippen molar-refractivity contribution in [3.05, 3.63) is 59.7 Å². The number of carbonyl (C=O) groups excluding carboxylic acids is 3. The van der Waals surface area contributed by atoms with Gasteiger partial charge < -0.3 is 15.8 Å². The Balaban J connectivity index is 1.65. The van der Waals surface area contributed by atoms with Gasteiger partial charge in [0.05, 0.1) is 0 Å². The van der Waals surface area contributed by atoms with E-state index >= 15 is 0 Å². The molecular formula is C29H37F3N4O4. The van der Waals surface area contributed by atoms with Crippen molar-refractivity contribution >= 4 is 17.9 Å². The first kappa shape index (κ1) is 30.9. The Bertz CT molecular complexity index is 1130. The van der Waals surface area contributed by atoms with Crippen molar-refractivity contribution in [1.82, 2.24) is 15.8 Å². The Morgan fingerprint density at radius 2 is 1.52 bits per heavy atom. The van der Waals surface area contributed by atoms with Crippen LogP contribution in [0.1, 0.15) is 63.0 Å². The van der Waals surface area contributed by atoms with Crippen molar-refractivity contribution in [1.29, 1.82) is 0 Å². The summed E-state index contributed by atoms with van der Waals surface area (Å²) in [6.07, 6.45) is -3.73. The molecule has 0 radical (unpaired) electrons. The van der Waals surface area contributed by atoms with Gasteiger partial charge in [-0.3, -0.25) is 15.0 Å². The summed E-state index contributed by atoms with van der Waals surface area (Å²) in [6.45, 7) is 3.75. The number of ether oxygens (including phenoxy) is 1. The Kier molecular flexibility index (Phi) is 10.9. The number of carbonyl (C=O) groups is 3. The van der Waals surface area contributed by atoms with Crippen LogP contribution in [-0.4, -0.2) is 54.8 Å². The lowest BCUT2D eigenvalue weighted by Crippen LogP contribution is -2.57. The minimum Gasteiger partial charge on any atom is -0.449 e. The number of fused-ring (bicyclic) bond motifs is 3. The summed E-state index contributed by atoms with van der Waals surface area (Å²) in [5.41, 5.74) is 11.7. The molecule has 0 saturated carbocycles. The lowest BCUT2D eigenvalue weighted by atomic mass is 9.98. The Morgan fingerprint density at radius 3 is 2.08 bits per heavy atom. The molecule has 0 aliphatic heterocycles. The summed E-state index contributed by atoms with van der Waals surface area (Å²) in [5.74, 6) is -3.40. The van der Waals surface area contributed by atoms with Crippen molar-refractivity contribution in [2.45, 2.75) is 64.1 Å². The molecule has 11 heteroatoms. The second kappa shape index (κ2) is 14.2. The van der Waals surface area contributed by atoms with Gasteiger partial charge in [-0.25, -0.2) is 9.80 Å². The molecule has 3 rings (SSSR count). The molecule has 2 aromatic carbocycles. The highest BCUT2D eigenvalue weighted by molar-refractivity contribution is 5.89. The van der Waals surface area contributed by atoms with Crippen molar-refractivity contribution < 1.29 is 32.3 Å².